The maximum atomic E-state index is 5.53. The van der Waals surface area contributed by atoms with Crippen LogP contribution in [0.25, 0.3) is 5.57 Å². The molecular formula is C19H30O5. The van der Waals surface area contributed by atoms with Crippen molar-refractivity contribution in [3.8, 4) is 11.5 Å². The molecule has 1 aromatic rings. The summed E-state index contributed by atoms with van der Waals surface area (Å²) >= 11 is 0. The van der Waals surface area contributed by atoms with Crippen LogP contribution in [0.2, 0.25) is 0 Å². The summed E-state index contributed by atoms with van der Waals surface area (Å²) in [5.41, 5.74) is 2.04. The lowest BCUT2D eigenvalue weighted by Crippen LogP contribution is -2.08. The normalized spacial score (nSPS) is 11.4. The monoisotopic (exact) mass is 338 g/mol. The lowest BCUT2D eigenvalue weighted by atomic mass is 10.1. The van der Waals surface area contributed by atoms with Gasteiger partial charge in [0.2, 0.25) is 0 Å². The molecular weight excluding hydrogens is 308 g/mol. The number of rotatable bonds is 13. The first-order valence-corrected chi connectivity index (χ1v) is 8.39. The fourth-order valence-electron chi connectivity index (χ4n) is 2.01. The maximum absolute atomic E-state index is 5.53. The van der Waals surface area contributed by atoms with Crippen LogP contribution in [0.5, 0.6) is 11.5 Å². The Kier molecular flexibility index (Phi) is 10.7. The zero-order valence-electron chi connectivity index (χ0n) is 15.3. The first-order valence-electron chi connectivity index (χ1n) is 8.39. The van der Waals surface area contributed by atoms with Crippen LogP contribution in [-0.4, -0.2) is 47.3 Å². The van der Waals surface area contributed by atoms with E-state index < -0.39 is 0 Å². The summed E-state index contributed by atoms with van der Waals surface area (Å²) in [7, 11) is 3.25. The number of unbranched alkanes of at least 4 members (excludes halogenated alkanes) is 1. The van der Waals surface area contributed by atoms with Gasteiger partial charge in [0.05, 0.1) is 40.3 Å². The molecule has 0 saturated carbocycles. The minimum Gasteiger partial charge on any atom is -0.498 e. The van der Waals surface area contributed by atoms with E-state index in [1.807, 2.05) is 25.1 Å². The van der Waals surface area contributed by atoms with E-state index in [9.17, 15) is 0 Å². The molecule has 5 nitrogen and oxygen atoms in total. The molecule has 0 radical (unpaired) electrons. The highest BCUT2D eigenvalue weighted by Gasteiger charge is 2.05. The molecule has 0 unspecified atom stereocenters. The lowest BCUT2D eigenvalue weighted by Gasteiger charge is -2.10. The second-order valence-corrected chi connectivity index (χ2v) is 5.32. The highest BCUT2D eigenvalue weighted by atomic mass is 16.5. The van der Waals surface area contributed by atoms with Gasteiger partial charge in [-0.25, -0.2) is 0 Å². The van der Waals surface area contributed by atoms with Gasteiger partial charge in [-0.05, 0) is 36.6 Å². The van der Waals surface area contributed by atoms with Crippen LogP contribution in [0.15, 0.2) is 24.5 Å². The third-order valence-corrected chi connectivity index (χ3v) is 3.46. The van der Waals surface area contributed by atoms with E-state index in [0.717, 1.165) is 30.6 Å². The molecule has 0 aliphatic heterocycles. The molecule has 24 heavy (non-hydrogen) atoms. The molecule has 5 heteroatoms. The third-order valence-electron chi connectivity index (χ3n) is 3.46. The summed E-state index contributed by atoms with van der Waals surface area (Å²) in [4.78, 5) is 0. The zero-order chi connectivity index (χ0) is 17.6. The van der Waals surface area contributed by atoms with E-state index in [1.165, 1.54) is 0 Å². The van der Waals surface area contributed by atoms with Gasteiger partial charge in [0.25, 0.3) is 0 Å². The highest BCUT2D eigenvalue weighted by Crippen LogP contribution is 2.30. The fraction of sp³-hybridized carbons (Fsp3) is 0.579. The minimum absolute atomic E-state index is 0.513. The topological polar surface area (TPSA) is 46.2 Å². The number of hydrogen-bond acceptors (Lipinski definition) is 5. The molecule has 0 amide bonds. The van der Waals surface area contributed by atoms with E-state index in [0.29, 0.717) is 37.9 Å². The molecule has 1 rings (SSSR count). The first-order chi connectivity index (χ1) is 11.7. The molecule has 0 atom stereocenters. The largest absolute Gasteiger partial charge is 0.498 e. The Hall–Kier alpha value is -1.72. The second kappa shape index (κ2) is 12.7. The van der Waals surface area contributed by atoms with Gasteiger partial charge in [-0.15, -0.1) is 0 Å². The van der Waals surface area contributed by atoms with Gasteiger partial charge in [-0.2, -0.15) is 0 Å². The summed E-state index contributed by atoms with van der Waals surface area (Å²) < 4.78 is 26.9. The summed E-state index contributed by atoms with van der Waals surface area (Å²) in [5.74, 6) is 1.42. The highest BCUT2D eigenvalue weighted by molar-refractivity contribution is 5.65. The van der Waals surface area contributed by atoms with Crippen LogP contribution in [0.4, 0.5) is 0 Å². The lowest BCUT2D eigenvalue weighted by molar-refractivity contribution is 0.0300. The summed E-state index contributed by atoms with van der Waals surface area (Å²) in [5, 5.41) is 0. The number of hydrogen-bond donors (Lipinski definition) is 0. The number of allylic oxidation sites excluding steroid dienone is 1. The van der Waals surface area contributed by atoms with Crippen LogP contribution >= 0.6 is 0 Å². The van der Waals surface area contributed by atoms with E-state index in [4.69, 9.17) is 23.7 Å². The van der Waals surface area contributed by atoms with Crippen molar-refractivity contribution in [2.75, 3.05) is 47.3 Å². The van der Waals surface area contributed by atoms with Crippen molar-refractivity contribution >= 4 is 5.57 Å². The fourth-order valence-corrected chi connectivity index (χ4v) is 2.01. The Labute approximate surface area is 145 Å². The van der Waals surface area contributed by atoms with Crippen LogP contribution < -0.4 is 9.47 Å². The SMILES string of the molecule is CCCCOCCOCCOC=C(C)c1ccc(OC)c(OC)c1. The molecule has 1 aromatic carbocycles. The van der Waals surface area contributed by atoms with Gasteiger partial charge in [0, 0.05) is 6.61 Å². The Bertz CT molecular complexity index is 485. The van der Waals surface area contributed by atoms with Gasteiger partial charge < -0.3 is 23.7 Å². The summed E-state index contributed by atoms with van der Waals surface area (Å²) in [6, 6.07) is 5.78. The maximum Gasteiger partial charge on any atom is 0.161 e. The quantitative estimate of drug-likeness (QED) is 0.403. The number of benzene rings is 1. The standard InChI is InChI=1S/C19H30O5/c1-5-6-9-22-10-11-23-12-13-24-15-16(2)17-7-8-18(20-3)19(14-17)21-4/h7-8,14-15H,5-6,9-13H2,1-4H3. The van der Waals surface area contributed by atoms with Crippen LogP contribution in [0.1, 0.15) is 32.3 Å². The smallest absolute Gasteiger partial charge is 0.161 e. The van der Waals surface area contributed by atoms with Crippen molar-refractivity contribution in [2.45, 2.75) is 26.7 Å². The van der Waals surface area contributed by atoms with Crippen molar-refractivity contribution < 1.29 is 23.7 Å². The van der Waals surface area contributed by atoms with E-state index >= 15 is 0 Å². The third kappa shape index (κ3) is 7.70. The minimum atomic E-state index is 0.513. The van der Waals surface area contributed by atoms with Gasteiger partial charge in [0.1, 0.15) is 6.61 Å². The molecule has 0 N–H and O–H groups in total. The van der Waals surface area contributed by atoms with Crippen LogP contribution in [0.3, 0.4) is 0 Å². The van der Waals surface area contributed by atoms with Gasteiger partial charge in [-0.3, -0.25) is 0 Å². The summed E-state index contributed by atoms with van der Waals surface area (Å²) in [6.45, 7) is 7.25. The van der Waals surface area contributed by atoms with Crippen molar-refractivity contribution in [1.29, 1.82) is 0 Å². The predicted molar refractivity (Wildman–Crippen MR) is 95.7 cm³/mol. The van der Waals surface area contributed by atoms with E-state index in [-0.39, 0.29) is 0 Å². The summed E-state index contributed by atoms with van der Waals surface area (Å²) in [6.07, 6.45) is 3.99. The average Bonchev–Trinajstić information content (AvgIpc) is 2.62. The molecule has 0 bridgehead atoms. The Morgan fingerprint density at radius 2 is 1.58 bits per heavy atom. The predicted octanol–water partition coefficient (Wildman–Crippen LogP) is 3.91. The number of methoxy groups -OCH3 is 2. The second-order valence-electron chi connectivity index (χ2n) is 5.32. The van der Waals surface area contributed by atoms with Crippen molar-refractivity contribution in [2.24, 2.45) is 0 Å². The zero-order valence-corrected chi connectivity index (χ0v) is 15.3. The molecule has 0 aliphatic carbocycles. The Balaban J connectivity index is 2.25. The molecule has 0 fully saturated rings. The van der Waals surface area contributed by atoms with Crippen molar-refractivity contribution in [1.82, 2.24) is 0 Å². The van der Waals surface area contributed by atoms with Gasteiger partial charge in [0.15, 0.2) is 11.5 Å². The molecule has 0 spiro atoms. The van der Waals surface area contributed by atoms with Gasteiger partial charge >= 0.3 is 0 Å². The Morgan fingerprint density at radius 1 is 0.917 bits per heavy atom. The van der Waals surface area contributed by atoms with Crippen molar-refractivity contribution in [3.63, 3.8) is 0 Å². The molecule has 0 saturated heterocycles. The van der Waals surface area contributed by atoms with Crippen LogP contribution in [0, 0.1) is 0 Å². The molecule has 136 valence electrons. The molecule has 0 heterocycles. The average molecular weight is 338 g/mol. The van der Waals surface area contributed by atoms with E-state index in [2.05, 4.69) is 6.92 Å². The van der Waals surface area contributed by atoms with Crippen LogP contribution in [-0.2, 0) is 14.2 Å². The molecule has 0 aliphatic rings. The molecule has 0 aromatic heterocycles. The Morgan fingerprint density at radius 3 is 2.25 bits per heavy atom. The number of ether oxygens (including phenoxy) is 5. The van der Waals surface area contributed by atoms with Gasteiger partial charge in [-0.1, -0.05) is 19.4 Å². The first kappa shape index (κ1) is 20.3. The van der Waals surface area contributed by atoms with E-state index in [1.54, 1.807) is 20.5 Å². The van der Waals surface area contributed by atoms with Crippen molar-refractivity contribution in [3.05, 3.63) is 30.0 Å².